The van der Waals surface area contributed by atoms with Gasteiger partial charge in [-0.2, -0.15) is 0 Å². The zero-order valence-electron chi connectivity index (χ0n) is 18.3. The molecule has 0 spiro atoms. The summed E-state index contributed by atoms with van der Waals surface area (Å²) in [6, 6.07) is 18.0. The second-order valence-corrected chi connectivity index (χ2v) is 7.46. The Kier molecular flexibility index (Phi) is 6.84. The average Bonchev–Trinajstić information content (AvgIpc) is 2.85. The van der Waals surface area contributed by atoms with Gasteiger partial charge < -0.3 is 19.5 Å². The molecule has 0 saturated heterocycles. The highest BCUT2D eigenvalue weighted by molar-refractivity contribution is 7.80. The van der Waals surface area contributed by atoms with Crippen LogP contribution in [0.1, 0.15) is 10.4 Å². The molecule has 0 aliphatic carbocycles. The number of nitrogens with zero attached hydrogens (tertiary/aromatic N) is 1. The smallest absolute Gasteiger partial charge is 0.257 e. The second kappa shape index (κ2) is 10.1. The molecule has 0 saturated carbocycles. The molecule has 0 aliphatic heterocycles. The van der Waals surface area contributed by atoms with Gasteiger partial charge in [0.1, 0.15) is 17.3 Å². The van der Waals surface area contributed by atoms with Crippen LogP contribution in [0.3, 0.4) is 0 Å². The number of fused-ring (bicyclic) bond motifs is 1. The lowest BCUT2D eigenvalue weighted by molar-refractivity contribution is 0.0977. The molecule has 0 bridgehead atoms. The van der Waals surface area contributed by atoms with E-state index < -0.39 is 11.7 Å². The van der Waals surface area contributed by atoms with Crippen LogP contribution in [-0.4, -0.2) is 30.2 Å². The average molecular weight is 478 g/mol. The summed E-state index contributed by atoms with van der Waals surface area (Å²) in [6.07, 6.45) is 1.59. The lowest BCUT2D eigenvalue weighted by Gasteiger charge is -2.14. The number of aromatic nitrogens is 1. The summed E-state index contributed by atoms with van der Waals surface area (Å²) in [4.78, 5) is 16.5. The number of halogens is 1. The van der Waals surface area contributed by atoms with E-state index in [0.29, 0.717) is 33.7 Å². The molecule has 0 fully saturated rings. The third-order valence-corrected chi connectivity index (χ3v) is 5.09. The highest BCUT2D eigenvalue weighted by Crippen LogP contribution is 2.37. The fraction of sp³-hybridized carbons (Fsp3) is 0.0800. The van der Waals surface area contributed by atoms with Crippen molar-refractivity contribution in [2.24, 2.45) is 0 Å². The molecule has 2 N–H and O–H groups in total. The van der Waals surface area contributed by atoms with E-state index in [-0.39, 0.29) is 16.5 Å². The van der Waals surface area contributed by atoms with E-state index in [0.717, 1.165) is 0 Å². The fourth-order valence-electron chi connectivity index (χ4n) is 3.24. The first-order valence-corrected chi connectivity index (χ1v) is 10.5. The molecule has 0 radical (unpaired) electrons. The van der Waals surface area contributed by atoms with Gasteiger partial charge >= 0.3 is 0 Å². The van der Waals surface area contributed by atoms with Crippen LogP contribution < -0.4 is 24.8 Å². The van der Waals surface area contributed by atoms with E-state index >= 15 is 0 Å². The highest BCUT2D eigenvalue weighted by atomic mass is 32.1. The maximum atomic E-state index is 14.7. The van der Waals surface area contributed by atoms with Crippen molar-refractivity contribution in [3.8, 4) is 23.0 Å². The standard InChI is InChI=1S/C25H20FN3O4S/c1-31-22-13-17-20(14-23(22)32-2)27-11-10-21(17)33-16-8-9-19(18(26)12-16)28-25(34)29-24(30)15-6-4-3-5-7-15/h3-14H,1-2H3,(H2,28,29,30,34). The molecule has 0 atom stereocenters. The van der Waals surface area contributed by atoms with Gasteiger partial charge in [-0.3, -0.25) is 15.1 Å². The van der Waals surface area contributed by atoms with Gasteiger partial charge in [0.2, 0.25) is 0 Å². The Labute approximate surface area is 200 Å². The van der Waals surface area contributed by atoms with Crippen LogP contribution in [-0.2, 0) is 0 Å². The summed E-state index contributed by atoms with van der Waals surface area (Å²) in [6.45, 7) is 0. The van der Waals surface area contributed by atoms with Crippen LogP contribution in [0.5, 0.6) is 23.0 Å². The largest absolute Gasteiger partial charge is 0.493 e. The lowest BCUT2D eigenvalue weighted by Crippen LogP contribution is -2.34. The van der Waals surface area contributed by atoms with Gasteiger partial charge in [-0.15, -0.1) is 0 Å². The number of nitrogens with one attached hydrogen (secondary N) is 2. The maximum absolute atomic E-state index is 14.7. The van der Waals surface area contributed by atoms with Gasteiger partial charge in [0.15, 0.2) is 16.6 Å². The highest BCUT2D eigenvalue weighted by Gasteiger charge is 2.13. The number of carbonyl (C=O) groups is 1. The number of thiocarbonyl (C=S) groups is 1. The summed E-state index contributed by atoms with van der Waals surface area (Å²) < 4.78 is 31.3. The lowest BCUT2D eigenvalue weighted by atomic mass is 10.2. The van der Waals surface area contributed by atoms with Crippen LogP contribution in [0, 0.1) is 5.82 Å². The number of hydrogen-bond acceptors (Lipinski definition) is 6. The molecule has 4 aromatic rings. The molecule has 1 heterocycles. The molecule has 34 heavy (non-hydrogen) atoms. The predicted molar refractivity (Wildman–Crippen MR) is 131 cm³/mol. The third-order valence-electron chi connectivity index (χ3n) is 4.89. The van der Waals surface area contributed by atoms with Gasteiger partial charge in [-0.05, 0) is 48.6 Å². The van der Waals surface area contributed by atoms with Crippen molar-refractivity contribution in [3.63, 3.8) is 0 Å². The summed E-state index contributed by atoms with van der Waals surface area (Å²) in [5.41, 5.74) is 1.17. The van der Waals surface area contributed by atoms with Crippen molar-refractivity contribution in [2.45, 2.75) is 0 Å². The second-order valence-electron chi connectivity index (χ2n) is 7.05. The molecular weight excluding hydrogens is 457 g/mol. The number of benzene rings is 3. The molecule has 0 aliphatic rings. The van der Waals surface area contributed by atoms with Crippen molar-refractivity contribution in [3.05, 3.63) is 84.3 Å². The van der Waals surface area contributed by atoms with E-state index in [1.165, 1.54) is 19.2 Å². The van der Waals surface area contributed by atoms with E-state index in [1.807, 2.05) is 0 Å². The number of hydrogen-bond donors (Lipinski definition) is 2. The minimum Gasteiger partial charge on any atom is -0.493 e. The van der Waals surface area contributed by atoms with Gasteiger partial charge in [-0.1, -0.05) is 18.2 Å². The van der Waals surface area contributed by atoms with E-state index in [1.54, 1.807) is 67.9 Å². The Hall–Kier alpha value is -4.24. The molecule has 172 valence electrons. The first-order chi connectivity index (χ1) is 16.5. The Balaban J connectivity index is 1.50. The zero-order valence-corrected chi connectivity index (χ0v) is 19.1. The molecule has 9 heteroatoms. The Bertz CT molecular complexity index is 1370. The molecule has 1 amide bonds. The molecule has 0 unspecified atom stereocenters. The van der Waals surface area contributed by atoms with Crippen LogP contribution >= 0.6 is 12.2 Å². The maximum Gasteiger partial charge on any atom is 0.257 e. The van der Waals surface area contributed by atoms with Crippen molar-refractivity contribution < 1.29 is 23.4 Å². The topological polar surface area (TPSA) is 81.7 Å². The first kappa shape index (κ1) is 22.9. The fourth-order valence-corrected chi connectivity index (χ4v) is 3.45. The summed E-state index contributed by atoms with van der Waals surface area (Å²) in [5, 5.41) is 5.86. The van der Waals surface area contributed by atoms with Crippen molar-refractivity contribution in [1.29, 1.82) is 0 Å². The monoisotopic (exact) mass is 477 g/mol. The summed E-state index contributed by atoms with van der Waals surface area (Å²) in [7, 11) is 3.08. The van der Waals surface area contributed by atoms with Crippen molar-refractivity contribution in [1.82, 2.24) is 10.3 Å². The van der Waals surface area contributed by atoms with Crippen molar-refractivity contribution in [2.75, 3.05) is 19.5 Å². The molecule has 1 aromatic heterocycles. The van der Waals surface area contributed by atoms with Gasteiger partial charge in [-0.25, -0.2) is 4.39 Å². The number of ether oxygens (including phenoxy) is 3. The van der Waals surface area contributed by atoms with E-state index in [9.17, 15) is 9.18 Å². The molecular formula is C25H20FN3O4S. The minimum absolute atomic E-state index is 0.0254. The number of rotatable bonds is 6. The SMILES string of the molecule is COc1cc2nccc(Oc3ccc(NC(=S)NC(=O)c4ccccc4)c(F)c3)c2cc1OC. The Morgan fingerprint density at radius 3 is 2.38 bits per heavy atom. The molecule has 4 rings (SSSR count). The van der Waals surface area contributed by atoms with Crippen LogP contribution in [0.4, 0.5) is 10.1 Å². The van der Waals surface area contributed by atoms with Crippen molar-refractivity contribution >= 4 is 39.8 Å². The zero-order chi connectivity index (χ0) is 24.1. The van der Waals surface area contributed by atoms with Crippen LogP contribution in [0.2, 0.25) is 0 Å². The van der Waals surface area contributed by atoms with Gasteiger partial charge in [0.25, 0.3) is 5.91 Å². The van der Waals surface area contributed by atoms with Gasteiger partial charge in [0.05, 0.1) is 25.4 Å². The minimum atomic E-state index is -0.605. The van der Waals surface area contributed by atoms with Crippen LogP contribution in [0.15, 0.2) is 72.9 Å². The van der Waals surface area contributed by atoms with E-state index in [4.69, 9.17) is 26.4 Å². The van der Waals surface area contributed by atoms with E-state index in [2.05, 4.69) is 15.6 Å². The molecule has 3 aromatic carbocycles. The number of amides is 1. The number of carbonyl (C=O) groups excluding carboxylic acids is 1. The van der Waals surface area contributed by atoms with Gasteiger partial charge in [0, 0.05) is 29.3 Å². The van der Waals surface area contributed by atoms with Crippen LogP contribution in [0.25, 0.3) is 10.9 Å². The summed E-state index contributed by atoms with van der Waals surface area (Å²) in [5.74, 6) is 0.795. The number of anilines is 1. The quantitative estimate of drug-likeness (QED) is 0.364. The normalized spacial score (nSPS) is 10.4. The predicted octanol–water partition coefficient (Wildman–Crippen LogP) is 5.31. The number of methoxy groups -OCH3 is 2. The number of pyridine rings is 1. The summed E-state index contributed by atoms with van der Waals surface area (Å²) >= 11 is 5.14. The first-order valence-electron chi connectivity index (χ1n) is 10.1. The Morgan fingerprint density at radius 2 is 1.68 bits per heavy atom. The molecule has 7 nitrogen and oxygen atoms in total. The third kappa shape index (κ3) is 5.05. The Morgan fingerprint density at radius 1 is 0.941 bits per heavy atom.